The quantitative estimate of drug-likeness (QED) is 0.853. The molecule has 2 atom stereocenters. The second-order valence-electron chi connectivity index (χ2n) is 8.23. The van der Waals surface area contributed by atoms with E-state index in [2.05, 4.69) is 28.4 Å². The lowest BCUT2D eigenvalue weighted by Crippen LogP contribution is -2.51. The molecule has 1 aromatic carbocycles. The first-order valence-corrected chi connectivity index (χ1v) is 10.7. The fourth-order valence-corrected chi connectivity index (χ4v) is 5.02. The summed E-state index contributed by atoms with van der Waals surface area (Å²) in [7, 11) is 0. The minimum atomic E-state index is 0.0925. The first kappa shape index (κ1) is 17.9. The number of piperidine rings is 1. The van der Waals surface area contributed by atoms with Crippen molar-refractivity contribution in [2.45, 2.75) is 44.2 Å². The predicted octanol–water partition coefficient (Wildman–Crippen LogP) is 2.88. The Hall–Kier alpha value is -2.21. The number of carbonyl (C=O) groups is 1. The normalized spacial score (nSPS) is 27.1. The highest BCUT2D eigenvalue weighted by Gasteiger charge is 2.37. The van der Waals surface area contributed by atoms with Crippen molar-refractivity contribution in [2.75, 3.05) is 39.4 Å². The molecule has 0 radical (unpaired) electrons. The Morgan fingerprint density at radius 3 is 2.79 bits per heavy atom. The molecule has 6 nitrogen and oxygen atoms in total. The summed E-state index contributed by atoms with van der Waals surface area (Å²) in [6.45, 7) is 4.96. The van der Waals surface area contributed by atoms with E-state index in [1.807, 2.05) is 11.0 Å². The van der Waals surface area contributed by atoms with Crippen LogP contribution in [0.25, 0.3) is 5.57 Å². The summed E-state index contributed by atoms with van der Waals surface area (Å²) >= 11 is 0. The van der Waals surface area contributed by atoms with Crippen molar-refractivity contribution in [3.05, 3.63) is 29.8 Å². The molecule has 2 unspecified atom stereocenters. The zero-order valence-electron chi connectivity index (χ0n) is 16.4. The summed E-state index contributed by atoms with van der Waals surface area (Å²) in [4.78, 5) is 17.3. The van der Waals surface area contributed by atoms with Gasteiger partial charge in [0.05, 0.1) is 0 Å². The third-order valence-corrected chi connectivity index (χ3v) is 6.57. The highest BCUT2D eigenvalue weighted by atomic mass is 16.6. The summed E-state index contributed by atoms with van der Waals surface area (Å²) in [6.07, 6.45) is 7.95. The number of fused-ring (bicyclic) bond motifs is 2. The Morgan fingerprint density at radius 1 is 1.04 bits per heavy atom. The van der Waals surface area contributed by atoms with E-state index in [0.29, 0.717) is 31.8 Å². The number of urea groups is 1. The molecule has 2 fully saturated rings. The van der Waals surface area contributed by atoms with E-state index in [4.69, 9.17) is 9.47 Å². The molecule has 4 aliphatic heterocycles. The van der Waals surface area contributed by atoms with E-state index in [1.165, 1.54) is 31.4 Å². The van der Waals surface area contributed by atoms with Gasteiger partial charge < -0.3 is 19.7 Å². The predicted molar refractivity (Wildman–Crippen MR) is 108 cm³/mol. The van der Waals surface area contributed by atoms with Crippen molar-refractivity contribution in [1.29, 1.82) is 0 Å². The Labute approximate surface area is 166 Å². The van der Waals surface area contributed by atoms with E-state index in [9.17, 15) is 4.79 Å². The molecule has 4 heterocycles. The van der Waals surface area contributed by atoms with E-state index in [-0.39, 0.29) is 6.03 Å². The van der Waals surface area contributed by atoms with E-state index < -0.39 is 0 Å². The molecule has 5 rings (SSSR count). The van der Waals surface area contributed by atoms with Gasteiger partial charge >= 0.3 is 6.03 Å². The molecular formula is C22H29N3O3. The molecule has 0 spiro atoms. The van der Waals surface area contributed by atoms with Gasteiger partial charge in [0.1, 0.15) is 13.2 Å². The van der Waals surface area contributed by atoms with Gasteiger partial charge in [0, 0.05) is 31.7 Å². The van der Waals surface area contributed by atoms with Gasteiger partial charge in [-0.1, -0.05) is 18.6 Å². The van der Waals surface area contributed by atoms with Crippen LogP contribution in [0.15, 0.2) is 24.3 Å². The van der Waals surface area contributed by atoms with E-state index >= 15 is 0 Å². The van der Waals surface area contributed by atoms with Crippen LogP contribution in [0.1, 0.15) is 37.7 Å². The van der Waals surface area contributed by atoms with Gasteiger partial charge in [-0.25, -0.2) is 4.79 Å². The average molecular weight is 383 g/mol. The van der Waals surface area contributed by atoms with Crippen molar-refractivity contribution in [3.63, 3.8) is 0 Å². The molecule has 0 aromatic heterocycles. The van der Waals surface area contributed by atoms with Crippen LogP contribution in [0.4, 0.5) is 4.79 Å². The van der Waals surface area contributed by atoms with Crippen molar-refractivity contribution in [1.82, 2.24) is 15.1 Å². The molecule has 28 heavy (non-hydrogen) atoms. The lowest BCUT2D eigenvalue weighted by molar-refractivity contribution is 0.169. The zero-order chi connectivity index (χ0) is 18.9. The van der Waals surface area contributed by atoms with E-state index in [1.54, 1.807) is 0 Å². The second-order valence-corrected chi connectivity index (χ2v) is 8.23. The molecule has 0 aliphatic carbocycles. The SMILES string of the molecule is O=C(NC1CCN2CCCCC12)N1CC=C(c2ccc3c(c2)OCCO3)CC1. The molecule has 1 N–H and O–H groups in total. The lowest BCUT2D eigenvalue weighted by Gasteiger charge is -2.34. The van der Waals surface area contributed by atoms with Crippen LogP contribution < -0.4 is 14.8 Å². The summed E-state index contributed by atoms with van der Waals surface area (Å²) < 4.78 is 11.3. The topological polar surface area (TPSA) is 54.0 Å². The van der Waals surface area contributed by atoms with Gasteiger partial charge in [0.2, 0.25) is 0 Å². The first-order chi connectivity index (χ1) is 13.8. The van der Waals surface area contributed by atoms with Crippen LogP contribution in [0, 0.1) is 0 Å². The fourth-order valence-electron chi connectivity index (χ4n) is 5.02. The summed E-state index contributed by atoms with van der Waals surface area (Å²) in [5.74, 6) is 1.64. The van der Waals surface area contributed by atoms with Gasteiger partial charge in [-0.05, 0) is 55.5 Å². The van der Waals surface area contributed by atoms with Crippen molar-refractivity contribution in [3.8, 4) is 11.5 Å². The van der Waals surface area contributed by atoms with Crippen molar-refractivity contribution < 1.29 is 14.3 Å². The van der Waals surface area contributed by atoms with Crippen LogP contribution >= 0.6 is 0 Å². The minimum Gasteiger partial charge on any atom is -0.486 e. The number of hydrogen-bond acceptors (Lipinski definition) is 4. The number of rotatable bonds is 2. The van der Waals surface area contributed by atoms with Gasteiger partial charge in [-0.3, -0.25) is 4.90 Å². The monoisotopic (exact) mass is 383 g/mol. The average Bonchev–Trinajstić information content (AvgIpc) is 3.16. The molecule has 4 aliphatic rings. The Bertz CT molecular complexity index is 778. The van der Waals surface area contributed by atoms with Crippen LogP contribution in [-0.4, -0.2) is 67.3 Å². The molecule has 0 saturated carbocycles. The van der Waals surface area contributed by atoms with Gasteiger partial charge in [0.15, 0.2) is 11.5 Å². The molecule has 0 bridgehead atoms. The number of carbonyl (C=O) groups excluding carboxylic acids is 1. The molecule has 2 amide bonds. The van der Waals surface area contributed by atoms with Crippen LogP contribution in [0.5, 0.6) is 11.5 Å². The number of hydrogen-bond donors (Lipinski definition) is 1. The highest BCUT2D eigenvalue weighted by Crippen LogP contribution is 2.34. The lowest BCUT2D eigenvalue weighted by atomic mass is 9.98. The van der Waals surface area contributed by atoms with E-state index in [0.717, 1.165) is 43.0 Å². The van der Waals surface area contributed by atoms with Gasteiger partial charge in [-0.2, -0.15) is 0 Å². The number of nitrogens with one attached hydrogen (secondary N) is 1. The smallest absolute Gasteiger partial charge is 0.317 e. The van der Waals surface area contributed by atoms with Crippen molar-refractivity contribution >= 4 is 11.6 Å². The number of amides is 2. The standard InChI is InChI=1S/C22H29N3O3/c26-22(23-18-8-12-24-9-2-1-3-19(18)24)25-10-6-16(7-11-25)17-4-5-20-21(15-17)28-14-13-27-20/h4-6,15,18-19H,1-3,7-14H2,(H,23,26). The Balaban J connectivity index is 1.20. The number of ether oxygens (including phenoxy) is 2. The first-order valence-electron chi connectivity index (χ1n) is 10.7. The maximum atomic E-state index is 12.8. The van der Waals surface area contributed by atoms with Crippen molar-refractivity contribution in [2.24, 2.45) is 0 Å². The summed E-state index contributed by atoms with van der Waals surface area (Å²) in [6, 6.07) is 7.09. The summed E-state index contributed by atoms with van der Waals surface area (Å²) in [5.41, 5.74) is 2.44. The maximum Gasteiger partial charge on any atom is 0.317 e. The zero-order valence-corrected chi connectivity index (χ0v) is 16.4. The Kier molecular flexibility index (Phi) is 4.89. The third-order valence-electron chi connectivity index (χ3n) is 6.57. The molecule has 6 heteroatoms. The van der Waals surface area contributed by atoms with Gasteiger partial charge in [-0.15, -0.1) is 0 Å². The van der Waals surface area contributed by atoms with Crippen LogP contribution in [0.2, 0.25) is 0 Å². The summed E-state index contributed by atoms with van der Waals surface area (Å²) in [5, 5.41) is 3.32. The Morgan fingerprint density at radius 2 is 1.93 bits per heavy atom. The molecule has 2 saturated heterocycles. The third kappa shape index (κ3) is 3.46. The highest BCUT2D eigenvalue weighted by molar-refractivity contribution is 5.77. The minimum absolute atomic E-state index is 0.0925. The number of nitrogens with zero attached hydrogens (tertiary/aromatic N) is 2. The van der Waals surface area contributed by atoms with Gasteiger partial charge in [0.25, 0.3) is 0 Å². The largest absolute Gasteiger partial charge is 0.486 e. The fraction of sp³-hybridized carbons (Fsp3) is 0.591. The number of benzene rings is 1. The maximum absolute atomic E-state index is 12.8. The molecule has 150 valence electrons. The van der Waals surface area contributed by atoms with Crippen LogP contribution in [-0.2, 0) is 0 Å². The molecule has 1 aromatic rings. The molecular weight excluding hydrogens is 354 g/mol. The van der Waals surface area contributed by atoms with Crippen LogP contribution in [0.3, 0.4) is 0 Å². The second kappa shape index (κ2) is 7.66.